The highest BCUT2D eigenvalue weighted by Crippen LogP contribution is 2.39. The number of benzene rings is 1. The zero-order valence-electron chi connectivity index (χ0n) is 16.7. The molecule has 0 bridgehead atoms. The molecule has 27 heavy (non-hydrogen) atoms. The third kappa shape index (κ3) is 3.29. The summed E-state index contributed by atoms with van der Waals surface area (Å²) in [6.45, 7) is 7.93. The van der Waals surface area contributed by atoms with Gasteiger partial charge in [-0.25, -0.2) is 4.98 Å². The molecule has 0 aliphatic carbocycles. The van der Waals surface area contributed by atoms with Crippen LogP contribution in [0.25, 0.3) is 11.0 Å². The molecule has 0 radical (unpaired) electrons. The van der Waals surface area contributed by atoms with Crippen molar-refractivity contribution in [1.29, 1.82) is 0 Å². The van der Waals surface area contributed by atoms with Crippen molar-refractivity contribution in [3.05, 3.63) is 42.2 Å². The number of nitrogens with zero attached hydrogens (tertiary/aromatic N) is 4. The molecule has 1 aromatic heterocycles. The predicted molar refractivity (Wildman–Crippen MR) is 108 cm³/mol. The van der Waals surface area contributed by atoms with Gasteiger partial charge < -0.3 is 9.47 Å². The third-order valence-corrected chi connectivity index (χ3v) is 6.22. The fourth-order valence-electron chi connectivity index (χ4n) is 4.66. The Balaban J connectivity index is 1.51. The summed E-state index contributed by atoms with van der Waals surface area (Å²) in [4.78, 5) is 22.2. The summed E-state index contributed by atoms with van der Waals surface area (Å²) in [5, 5.41) is 0. The molecular weight excluding hydrogens is 336 g/mol. The van der Waals surface area contributed by atoms with Crippen LogP contribution in [-0.4, -0.2) is 51.9 Å². The van der Waals surface area contributed by atoms with E-state index in [0.29, 0.717) is 11.9 Å². The van der Waals surface area contributed by atoms with Gasteiger partial charge in [0.25, 0.3) is 0 Å². The topological polar surface area (TPSA) is 41.4 Å². The number of amides is 1. The Kier molecular flexibility index (Phi) is 4.81. The van der Waals surface area contributed by atoms with Gasteiger partial charge >= 0.3 is 0 Å². The maximum Gasteiger partial charge on any atom is 0.229 e. The van der Waals surface area contributed by atoms with Crippen molar-refractivity contribution < 1.29 is 4.79 Å². The number of likely N-dealkylation sites (N-methyl/N-ethyl adjacent to an activating group) is 1. The van der Waals surface area contributed by atoms with Gasteiger partial charge in [-0.15, -0.1) is 0 Å². The Bertz CT molecular complexity index is 858. The van der Waals surface area contributed by atoms with Crippen LogP contribution in [0.3, 0.4) is 0 Å². The molecule has 1 fully saturated rings. The minimum atomic E-state index is -0.198. The molecule has 5 heteroatoms. The van der Waals surface area contributed by atoms with E-state index in [2.05, 4.69) is 59.7 Å². The number of rotatable bonds is 3. The number of para-hydroxylation sites is 2. The number of hydrogen-bond donors (Lipinski definition) is 0. The van der Waals surface area contributed by atoms with E-state index in [4.69, 9.17) is 4.98 Å². The number of fused-ring (bicyclic) bond motifs is 1. The van der Waals surface area contributed by atoms with Gasteiger partial charge in [-0.1, -0.05) is 24.3 Å². The molecule has 4 rings (SSSR count). The zero-order chi connectivity index (χ0) is 19.0. The average Bonchev–Trinajstić information content (AvgIpc) is 2.97. The Morgan fingerprint density at radius 3 is 2.63 bits per heavy atom. The Morgan fingerprint density at radius 2 is 1.89 bits per heavy atom. The van der Waals surface area contributed by atoms with E-state index in [9.17, 15) is 4.79 Å². The fraction of sp³-hybridized carbons (Fsp3) is 0.545. The molecular formula is C22H30N4O. The molecule has 5 nitrogen and oxygen atoms in total. The van der Waals surface area contributed by atoms with Crippen LogP contribution in [0.4, 0.5) is 0 Å². The van der Waals surface area contributed by atoms with Crippen LogP contribution in [0.1, 0.15) is 45.0 Å². The average molecular weight is 367 g/mol. The smallest absolute Gasteiger partial charge is 0.229 e. The van der Waals surface area contributed by atoms with Crippen molar-refractivity contribution in [2.24, 2.45) is 5.41 Å². The summed E-state index contributed by atoms with van der Waals surface area (Å²) < 4.78 is 2.35. The van der Waals surface area contributed by atoms with Crippen LogP contribution in [0, 0.1) is 5.41 Å². The maximum atomic E-state index is 12.9. The Morgan fingerprint density at radius 1 is 1.15 bits per heavy atom. The molecule has 1 amide bonds. The molecule has 3 heterocycles. The third-order valence-electron chi connectivity index (χ3n) is 6.22. The van der Waals surface area contributed by atoms with Gasteiger partial charge in [0.05, 0.1) is 23.0 Å². The lowest BCUT2D eigenvalue weighted by atomic mass is 9.74. The summed E-state index contributed by atoms with van der Waals surface area (Å²) in [6.07, 6.45) is 7.08. The summed E-state index contributed by atoms with van der Waals surface area (Å²) in [6, 6.07) is 8.76. The maximum absolute atomic E-state index is 12.9. The molecule has 0 N–H and O–H groups in total. The standard InChI is InChI=1S/C22H30N4O/c1-17(2)26-19-9-5-4-8-18(19)23-20(26)16-25-14-11-22(12-15-25)10-6-7-13-24(3)21(22)27/h4-9,17H,10-16H2,1-3H3. The summed E-state index contributed by atoms with van der Waals surface area (Å²) >= 11 is 0. The monoisotopic (exact) mass is 366 g/mol. The van der Waals surface area contributed by atoms with Crippen molar-refractivity contribution in [3.63, 3.8) is 0 Å². The molecule has 2 aromatic rings. The van der Waals surface area contributed by atoms with Crippen LogP contribution in [0.5, 0.6) is 0 Å². The minimum absolute atomic E-state index is 0.198. The van der Waals surface area contributed by atoms with Gasteiger partial charge in [0.1, 0.15) is 5.82 Å². The molecule has 1 aromatic carbocycles. The van der Waals surface area contributed by atoms with Gasteiger partial charge in [-0.05, 0) is 58.3 Å². The van der Waals surface area contributed by atoms with Crippen LogP contribution in [0.2, 0.25) is 0 Å². The van der Waals surface area contributed by atoms with Gasteiger partial charge in [0, 0.05) is 19.6 Å². The lowest BCUT2D eigenvalue weighted by Gasteiger charge is -2.41. The first-order chi connectivity index (χ1) is 13.0. The van der Waals surface area contributed by atoms with E-state index in [1.165, 1.54) is 5.52 Å². The SMILES string of the molecule is CC(C)n1c(CN2CCC3(CC=CCN(C)C3=O)CC2)nc2ccccc21. The zero-order valence-corrected chi connectivity index (χ0v) is 16.7. The van der Waals surface area contributed by atoms with E-state index in [1.807, 2.05) is 11.9 Å². The van der Waals surface area contributed by atoms with E-state index in [1.54, 1.807) is 0 Å². The van der Waals surface area contributed by atoms with Gasteiger partial charge in [0.15, 0.2) is 0 Å². The molecule has 1 saturated heterocycles. The Hall–Kier alpha value is -2.14. The van der Waals surface area contributed by atoms with E-state index >= 15 is 0 Å². The second-order valence-corrected chi connectivity index (χ2v) is 8.40. The number of hydrogen-bond acceptors (Lipinski definition) is 3. The lowest BCUT2D eigenvalue weighted by molar-refractivity contribution is -0.142. The highest BCUT2D eigenvalue weighted by molar-refractivity contribution is 5.83. The highest BCUT2D eigenvalue weighted by atomic mass is 16.2. The number of carbonyl (C=O) groups excluding carboxylic acids is 1. The quantitative estimate of drug-likeness (QED) is 0.779. The summed E-state index contributed by atoms with van der Waals surface area (Å²) in [7, 11) is 1.93. The number of aromatic nitrogens is 2. The number of carbonyl (C=O) groups is 1. The first-order valence-electron chi connectivity index (χ1n) is 10.1. The van der Waals surface area contributed by atoms with Crippen molar-refractivity contribution in [1.82, 2.24) is 19.4 Å². The molecule has 0 unspecified atom stereocenters. The Labute approximate surface area is 161 Å². The summed E-state index contributed by atoms with van der Waals surface area (Å²) in [5.41, 5.74) is 2.08. The highest BCUT2D eigenvalue weighted by Gasteiger charge is 2.42. The van der Waals surface area contributed by atoms with Crippen LogP contribution in [-0.2, 0) is 11.3 Å². The van der Waals surface area contributed by atoms with Gasteiger partial charge in [-0.2, -0.15) is 0 Å². The summed E-state index contributed by atoms with van der Waals surface area (Å²) in [5.74, 6) is 1.45. The molecule has 0 saturated carbocycles. The van der Waals surface area contributed by atoms with Crippen molar-refractivity contribution in [3.8, 4) is 0 Å². The number of piperidine rings is 1. The largest absolute Gasteiger partial charge is 0.342 e. The van der Waals surface area contributed by atoms with E-state index in [-0.39, 0.29) is 5.41 Å². The number of allylic oxidation sites excluding steroid dienone is 1. The van der Waals surface area contributed by atoms with Gasteiger partial charge in [-0.3, -0.25) is 9.69 Å². The minimum Gasteiger partial charge on any atom is -0.342 e. The van der Waals surface area contributed by atoms with E-state index in [0.717, 1.165) is 56.8 Å². The normalized spacial score (nSPS) is 20.7. The van der Waals surface area contributed by atoms with Crippen molar-refractivity contribution >= 4 is 16.9 Å². The molecule has 1 spiro atoms. The van der Waals surface area contributed by atoms with Gasteiger partial charge in [0.2, 0.25) is 5.91 Å². The molecule has 0 atom stereocenters. The van der Waals surface area contributed by atoms with Crippen LogP contribution < -0.4 is 0 Å². The predicted octanol–water partition coefficient (Wildman–Crippen LogP) is 3.62. The second-order valence-electron chi connectivity index (χ2n) is 8.40. The first kappa shape index (κ1) is 18.2. The van der Waals surface area contributed by atoms with Crippen LogP contribution in [0.15, 0.2) is 36.4 Å². The first-order valence-corrected chi connectivity index (χ1v) is 10.1. The van der Waals surface area contributed by atoms with Crippen LogP contribution >= 0.6 is 0 Å². The second kappa shape index (κ2) is 7.12. The van der Waals surface area contributed by atoms with Crippen molar-refractivity contribution in [2.45, 2.75) is 45.7 Å². The fourth-order valence-corrected chi connectivity index (χ4v) is 4.66. The number of imidazole rings is 1. The molecule has 144 valence electrons. The lowest BCUT2D eigenvalue weighted by Crippen LogP contribution is -2.48. The molecule has 2 aliphatic heterocycles. The van der Waals surface area contributed by atoms with E-state index < -0.39 is 0 Å². The van der Waals surface area contributed by atoms with Crippen molar-refractivity contribution in [2.75, 3.05) is 26.7 Å². The molecule has 2 aliphatic rings. The number of likely N-dealkylation sites (tertiary alicyclic amines) is 1.